The molecule has 2 aromatic rings. The Bertz CT molecular complexity index is 970. The van der Waals surface area contributed by atoms with Crippen LogP contribution in [0.2, 0.25) is 0 Å². The number of hydrogen-bond donors (Lipinski definition) is 0. The van der Waals surface area contributed by atoms with Crippen LogP contribution in [-0.4, -0.2) is 36.0 Å². The lowest BCUT2D eigenvalue weighted by atomic mass is 9.83. The molecule has 0 aliphatic heterocycles. The average Bonchev–Trinajstić information content (AvgIpc) is 3.35. The number of sulfone groups is 1. The summed E-state index contributed by atoms with van der Waals surface area (Å²) in [5.74, 6) is 0.104. The Morgan fingerprint density at radius 3 is 2.31 bits per heavy atom. The predicted octanol–water partition coefficient (Wildman–Crippen LogP) is 3.72. The maximum absolute atomic E-state index is 13.1. The summed E-state index contributed by atoms with van der Waals surface area (Å²) < 4.78 is 25.0. The van der Waals surface area contributed by atoms with Gasteiger partial charge in [0.2, 0.25) is 0 Å². The third kappa shape index (κ3) is 5.63. The van der Waals surface area contributed by atoms with Gasteiger partial charge >= 0.3 is 0 Å². The molecule has 0 spiro atoms. The summed E-state index contributed by atoms with van der Waals surface area (Å²) in [6.45, 7) is 0. The van der Waals surface area contributed by atoms with Crippen LogP contribution in [-0.2, 0) is 21.7 Å². The number of aryl methyl sites for hydroxylation is 1. The van der Waals surface area contributed by atoms with Crippen molar-refractivity contribution in [1.82, 2.24) is 9.78 Å². The van der Waals surface area contributed by atoms with E-state index in [2.05, 4.69) is 5.10 Å². The molecular weight excluding hydrogens is 388 g/mol. The van der Waals surface area contributed by atoms with Gasteiger partial charge in [-0.25, -0.2) is 8.42 Å². The number of nitrogens with zero attached hydrogens (tertiary/aromatic N) is 2. The van der Waals surface area contributed by atoms with Gasteiger partial charge in [0.25, 0.3) is 0 Å². The Morgan fingerprint density at radius 1 is 1.10 bits per heavy atom. The zero-order valence-electron chi connectivity index (χ0n) is 17.0. The number of carbonyl (C=O) groups excluding carboxylic acids is 2. The molecule has 1 aromatic carbocycles. The van der Waals surface area contributed by atoms with E-state index in [1.54, 1.807) is 48.3 Å². The minimum atomic E-state index is -3.28. The molecule has 3 rings (SSSR count). The SMILES string of the molecule is Cn1ccc(C(=O)CCC(=O)C(CC2CCCC2)c2ccc(S(C)(=O)=O)cc2)n1. The smallest absolute Gasteiger partial charge is 0.183 e. The van der Waals surface area contributed by atoms with Crippen LogP contribution in [0.15, 0.2) is 41.4 Å². The van der Waals surface area contributed by atoms with Crippen LogP contribution in [0.3, 0.4) is 0 Å². The van der Waals surface area contributed by atoms with Crippen LogP contribution in [0.5, 0.6) is 0 Å². The van der Waals surface area contributed by atoms with Crippen LogP contribution in [0.4, 0.5) is 0 Å². The Kier molecular flexibility index (Phi) is 6.67. The molecule has 1 aromatic heterocycles. The molecule has 1 unspecified atom stereocenters. The van der Waals surface area contributed by atoms with Gasteiger partial charge in [-0.1, -0.05) is 37.8 Å². The van der Waals surface area contributed by atoms with Crippen LogP contribution < -0.4 is 0 Å². The minimum absolute atomic E-state index is 0.0355. The van der Waals surface area contributed by atoms with E-state index in [-0.39, 0.29) is 35.2 Å². The molecule has 7 heteroatoms. The fraction of sp³-hybridized carbons (Fsp3) is 0.500. The Labute approximate surface area is 172 Å². The van der Waals surface area contributed by atoms with Crippen molar-refractivity contribution >= 4 is 21.4 Å². The number of aromatic nitrogens is 2. The lowest BCUT2D eigenvalue weighted by Gasteiger charge is -2.20. The molecule has 29 heavy (non-hydrogen) atoms. The molecule has 0 saturated heterocycles. The summed E-state index contributed by atoms with van der Waals surface area (Å²) in [5, 5.41) is 4.11. The molecule has 0 bridgehead atoms. The van der Waals surface area contributed by atoms with Gasteiger partial charge in [0.15, 0.2) is 15.6 Å². The molecule has 1 atom stereocenters. The van der Waals surface area contributed by atoms with Gasteiger partial charge in [-0.15, -0.1) is 0 Å². The number of benzene rings is 1. The third-order valence-corrected chi connectivity index (χ3v) is 6.87. The third-order valence-electron chi connectivity index (χ3n) is 5.74. The monoisotopic (exact) mass is 416 g/mol. The van der Waals surface area contributed by atoms with Gasteiger partial charge in [-0.3, -0.25) is 14.3 Å². The Balaban J connectivity index is 1.73. The minimum Gasteiger partial charge on any atom is -0.299 e. The summed E-state index contributed by atoms with van der Waals surface area (Å²) in [5.41, 5.74) is 1.21. The van der Waals surface area contributed by atoms with Crippen LogP contribution in [0, 0.1) is 5.92 Å². The van der Waals surface area contributed by atoms with Crippen molar-refractivity contribution in [3.63, 3.8) is 0 Å². The Hall–Kier alpha value is -2.28. The van der Waals surface area contributed by atoms with Crippen LogP contribution in [0.25, 0.3) is 0 Å². The zero-order chi connectivity index (χ0) is 21.0. The normalized spacial score (nSPS) is 16.1. The highest BCUT2D eigenvalue weighted by Gasteiger charge is 2.27. The summed E-state index contributed by atoms with van der Waals surface area (Å²) in [6.07, 6.45) is 8.57. The van der Waals surface area contributed by atoms with E-state index < -0.39 is 9.84 Å². The largest absolute Gasteiger partial charge is 0.299 e. The first-order valence-corrected chi connectivity index (χ1v) is 12.0. The van der Waals surface area contributed by atoms with Gasteiger partial charge in [-0.2, -0.15) is 5.10 Å². The molecule has 156 valence electrons. The van der Waals surface area contributed by atoms with Crippen molar-refractivity contribution in [2.45, 2.75) is 55.8 Å². The van der Waals surface area contributed by atoms with Gasteiger partial charge < -0.3 is 0 Å². The molecule has 1 saturated carbocycles. The van der Waals surface area contributed by atoms with E-state index in [1.165, 1.54) is 19.1 Å². The van der Waals surface area contributed by atoms with E-state index in [0.29, 0.717) is 11.6 Å². The summed E-state index contributed by atoms with van der Waals surface area (Å²) >= 11 is 0. The van der Waals surface area contributed by atoms with Gasteiger partial charge in [0.1, 0.15) is 11.5 Å². The van der Waals surface area contributed by atoms with Gasteiger partial charge in [-0.05, 0) is 36.1 Å². The van der Waals surface area contributed by atoms with E-state index in [0.717, 1.165) is 24.8 Å². The summed E-state index contributed by atoms with van der Waals surface area (Å²) in [4.78, 5) is 25.6. The first-order valence-electron chi connectivity index (χ1n) is 10.1. The molecular formula is C22H28N2O4S. The predicted molar refractivity (Wildman–Crippen MR) is 111 cm³/mol. The summed E-state index contributed by atoms with van der Waals surface area (Å²) in [6, 6.07) is 8.28. The van der Waals surface area contributed by atoms with E-state index in [4.69, 9.17) is 0 Å². The molecule has 1 heterocycles. The number of Topliss-reactive ketones (excluding diaryl/α,β-unsaturated/α-hetero) is 2. The van der Waals surface area contributed by atoms with Crippen molar-refractivity contribution < 1.29 is 18.0 Å². The maximum atomic E-state index is 13.1. The van der Waals surface area contributed by atoms with Crippen molar-refractivity contribution in [2.24, 2.45) is 13.0 Å². The van der Waals surface area contributed by atoms with Crippen molar-refractivity contribution in [3.8, 4) is 0 Å². The highest BCUT2D eigenvalue weighted by molar-refractivity contribution is 7.90. The van der Waals surface area contributed by atoms with Crippen molar-refractivity contribution in [3.05, 3.63) is 47.8 Å². The molecule has 1 aliphatic rings. The first kappa shape index (κ1) is 21.4. The number of ketones is 2. The number of carbonyl (C=O) groups is 2. The van der Waals surface area contributed by atoms with Gasteiger partial charge in [0.05, 0.1) is 4.90 Å². The second kappa shape index (κ2) is 9.03. The fourth-order valence-electron chi connectivity index (χ4n) is 4.08. The number of hydrogen-bond acceptors (Lipinski definition) is 5. The molecule has 0 amide bonds. The summed E-state index contributed by atoms with van der Waals surface area (Å²) in [7, 11) is -1.53. The van der Waals surface area contributed by atoms with Crippen molar-refractivity contribution in [1.29, 1.82) is 0 Å². The number of rotatable bonds is 9. The quantitative estimate of drug-likeness (QED) is 0.582. The highest BCUT2D eigenvalue weighted by Crippen LogP contribution is 2.35. The van der Waals surface area contributed by atoms with E-state index in [9.17, 15) is 18.0 Å². The van der Waals surface area contributed by atoms with E-state index in [1.807, 2.05) is 0 Å². The van der Waals surface area contributed by atoms with E-state index >= 15 is 0 Å². The maximum Gasteiger partial charge on any atom is 0.183 e. The van der Waals surface area contributed by atoms with Crippen LogP contribution in [0.1, 0.15) is 66.9 Å². The lowest BCUT2D eigenvalue weighted by molar-refractivity contribution is -0.120. The van der Waals surface area contributed by atoms with Gasteiger partial charge in [0, 0.05) is 38.3 Å². The average molecular weight is 417 g/mol. The van der Waals surface area contributed by atoms with Crippen LogP contribution >= 0.6 is 0 Å². The lowest BCUT2D eigenvalue weighted by Crippen LogP contribution is -2.17. The molecule has 1 aliphatic carbocycles. The molecule has 6 nitrogen and oxygen atoms in total. The Morgan fingerprint density at radius 2 is 1.76 bits per heavy atom. The fourth-order valence-corrected chi connectivity index (χ4v) is 4.71. The highest BCUT2D eigenvalue weighted by atomic mass is 32.2. The molecule has 1 fully saturated rings. The molecule has 0 radical (unpaired) electrons. The topological polar surface area (TPSA) is 86.1 Å². The first-order chi connectivity index (χ1) is 13.7. The second-order valence-corrected chi connectivity index (χ2v) is 10.1. The molecule has 0 N–H and O–H groups in total. The van der Waals surface area contributed by atoms with Crippen molar-refractivity contribution in [2.75, 3.05) is 6.26 Å². The zero-order valence-corrected chi connectivity index (χ0v) is 17.8. The standard InChI is InChI=1S/C22H28N2O4S/c1-24-14-13-20(23-24)22(26)12-11-21(25)19(15-16-5-3-4-6-16)17-7-9-18(10-8-17)29(2,27)28/h7-10,13-14,16,19H,3-6,11-12,15H2,1-2H3. The second-order valence-electron chi connectivity index (χ2n) is 8.04.